The van der Waals surface area contributed by atoms with Crippen LogP contribution < -0.4 is 5.32 Å². The number of benzene rings is 1. The summed E-state index contributed by atoms with van der Waals surface area (Å²) in [6, 6.07) is 9.52. The largest absolute Gasteiger partial charge is 0.442 e. The Morgan fingerprint density at radius 2 is 1.92 bits per heavy atom. The molecule has 3 amide bonds. The SMILES string of the molecule is O=C(NCC1CN(C2CC2)C(=O)O1)C1CCC(=O)N1Cc1ccccc1. The summed E-state index contributed by atoms with van der Waals surface area (Å²) in [5.41, 5.74) is 1.00. The van der Waals surface area contributed by atoms with Crippen LogP contribution in [-0.2, 0) is 20.9 Å². The molecule has 1 aromatic carbocycles. The Morgan fingerprint density at radius 1 is 1.15 bits per heavy atom. The molecular formula is C19H23N3O4. The fourth-order valence-electron chi connectivity index (χ4n) is 3.65. The van der Waals surface area contributed by atoms with Crippen LogP contribution in [0.1, 0.15) is 31.2 Å². The maximum atomic E-state index is 12.6. The first kappa shape index (κ1) is 16.9. The van der Waals surface area contributed by atoms with E-state index >= 15 is 0 Å². The third-order valence-electron chi connectivity index (χ3n) is 5.22. The molecule has 1 aliphatic carbocycles. The van der Waals surface area contributed by atoms with Crippen LogP contribution in [-0.4, -0.2) is 59.0 Å². The standard InChI is InChI=1S/C19H23N3O4/c23-17-9-8-16(22(17)11-13-4-2-1-3-5-13)18(24)20-10-15-12-21(14-6-7-14)19(25)26-15/h1-5,14-16H,6-12H2,(H,20,24). The van der Waals surface area contributed by atoms with Gasteiger partial charge in [-0.15, -0.1) is 0 Å². The fraction of sp³-hybridized carbons (Fsp3) is 0.526. The predicted octanol–water partition coefficient (Wildman–Crippen LogP) is 1.28. The normalized spacial score (nSPS) is 25.5. The van der Waals surface area contributed by atoms with Gasteiger partial charge in [-0.3, -0.25) is 9.59 Å². The van der Waals surface area contributed by atoms with Crippen LogP contribution in [0.2, 0.25) is 0 Å². The molecular weight excluding hydrogens is 334 g/mol. The Balaban J connectivity index is 1.32. The predicted molar refractivity (Wildman–Crippen MR) is 93.0 cm³/mol. The van der Waals surface area contributed by atoms with Crippen molar-refractivity contribution in [2.75, 3.05) is 13.1 Å². The Kier molecular flexibility index (Phi) is 4.53. The number of hydrogen-bond donors (Lipinski definition) is 1. The van der Waals surface area contributed by atoms with Gasteiger partial charge in [-0.2, -0.15) is 0 Å². The summed E-state index contributed by atoms with van der Waals surface area (Å²) < 4.78 is 5.32. The van der Waals surface area contributed by atoms with Crippen molar-refractivity contribution in [3.8, 4) is 0 Å². The smallest absolute Gasteiger partial charge is 0.410 e. The molecule has 1 aromatic rings. The van der Waals surface area contributed by atoms with Crippen molar-refractivity contribution in [2.24, 2.45) is 0 Å². The number of amides is 3. The van der Waals surface area contributed by atoms with Gasteiger partial charge in [0.25, 0.3) is 0 Å². The molecule has 2 aliphatic heterocycles. The van der Waals surface area contributed by atoms with Crippen molar-refractivity contribution < 1.29 is 19.1 Å². The maximum Gasteiger partial charge on any atom is 0.410 e. The maximum absolute atomic E-state index is 12.6. The zero-order chi connectivity index (χ0) is 18.1. The van der Waals surface area contributed by atoms with Crippen molar-refractivity contribution in [3.05, 3.63) is 35.9 Å². The molecule has 3 fully saturated rings. The number of likely N-dealkylation sites (tertiary alicyclic amines) is 1. The topological polar surface area (TPSA) is 79.0 Å². The molecule has 7 nitrogen and oxygen atoms in total. The van der Waals surface area contributed by atoms with Crippen LogP contribution in [0.3, 0.4) is 0 Å². The highest BCUT2D eigenvalue weighted by Gasteiger charge is 2.41. The molecule has 0 bridgehead atoms. The highest BCUT2D eigenvalue weighted by Crippen LogP contribution is 2.30. The van der Waals surface area contributed by atoms with E-state index in [9.17, 15) is 14.4 Å². The van der Waals surface area contributed by atoms with E-state index in [0.717, 1.165) is 18.4 Å². The summed E-state index contributed by atoms with van der Waals surface area (Å²) in [4.78, 5) is 40.0. The molecule has 0 radical (unpaired) electrons. The number of cyclic esters (lactones) is 1. The second-order valence-electron chi connectivity index (χ2n) is 7.20. The van der Waals surface area contributed by atoms with E-state index in [2.05, 4.69) is 5.32 Å². The van der Waals surface area contributed by atoms with Gasteiger partial charge in [0.2, 0.25) is 11.8 Å². The summed E-state index contributed by atoms with van der Waals surface area (Å²) in [5.74, 6) is -0.172. The molecule has 1 saturated carbocycles. The minimum atomic E-state index is -0.459. The Bertz CT molecular complexity index is 704. The Labute approximate surface area is 152 Å². The molecule has 0 spiro atoms. The van der Waals surface area contributed by atoms with Gasteiger partial charge in [0, 0.05) is 19.0 Å². The third kappa shape index (κ3) is 3.52. The van der Waals surface area contributed by atoms with Crippen LogP contribution >= 0.6 is 0 Å². The highest BCUT2D eigenvalue weighted by atomic mass is 16.6. The Hall–Kier alpha value is -2.57. The summed E-state index contributed by atoms with van der Waals surface area (Å²) in [7, 11) is 0. The van der Waals surface area contributed by atoms with Crippen LogP contribution in [0.4, 0.5) is 4.79 Å². The number of hydrogen-bond acceptors (Lipinski definition) is 4. The van der Waals surface area contributed by atoms with Crippen molar-refractivity contribution in [2.45, 2.75) is 50.4 Å². The molecule has 2 atom stereocenters. The first-order chi connectivity index (χ1) is 12.6. The van der Waals surface area contributed by atoms with Crippen molar-refractivity contribution in [1.29, 1.82) is 0 Å². The molecule has 2 saturated heterocycles. The second kappa shape index (κ2) is 6.97. The second-order valence-corrected chi connectivity index (χ2v) is 7.20. The number of carbonyl (C=O) groups is 3. The minimum Gasteiger partial charge on any atom is -0.442 e. The van der Waals surface area contributed by atoms with Gasteiger partial charge < -0.3 is 19.9 Å². The number of ether oxygens (including phenoxy) is 1. The van der Waals surface area contributed by atoms with Gasteiger partial charge in [0.15, 0.2) is 0 Å². The average Bonchev–Trinajstić information content (AvgIpc) is 3.33. The summed E-state index contributed by atoms with van der Waals surface area (Å²) >= 11 is 0. The zero-order valence-corrected chi connectivity index (χ0v) is 14.6. The zero-order valence-electron chi connectivity index (χ0n) is 14.6. The summed E-state index contributed by atoms with van der Waals surface area (Å²) in [6.07, 6.45) is 2.38. The molecule has 3 aliphatic rings. The van der Waals surface area contributed by atoms with Gasteiger partial charge in [-0.1, -0.05) is 30.3 Å². The van der Waals surface area contributed by atoms with Crippen LogP contribution in [0.25, 0.3) is 0 Å². The van der Waals surface area contributed by atoms with E-state index in [1.54, 1.807) is 9.80 Å². The molecule has 138 valence electrons. The number of nitrogens with one attached hydrogen (secondary N) is 1. The monoisotopic (exact) mass is 357 g/mol. The molecule has 2 unspecified atom stereocenters. The third-order valence-corrected chi connectivity index (χ3v) is 5.22. The molecule has 1 N–H and O–H groups in total. The van der Waals surface area contributed by atoms with Crippen molar-refractivity contribution in [1.82, 2.24) is 15.1 Å². The first-order valence-corrected chi connectivity index (χ1v) is 9.20. The lowest BCUT2D eigenvalue weighted by atomic mass is 10.1. The molecule has 26 heavy (non-hydrogen) atoms. The lowest BCUT2D eigenvalue weighted by Gasteiger charge is -2.24. The van der Waals surface area contributed by atoms with E-state index in [1.807, 2.05) is 30.3 Å². The van der Waals surface area contributed by atoms with E-state index < -0.39 is 6.04 Å². The van der Waals surface area contributed by atoms with Crippen LogP contribution in [0, 0.1) is 0 Å². The lowest BCUT2D eigenvalue weighted by Crippen LogP contribution is -2.46. The van der Waals surface area contributed by atoms with Crippen molar-refractivity contribution in [3.63, 3.8) is 0 Å². The lowest BCUT2D eigenvalue weighted by molar-refractivity contribution is -0.135. The molecule has 0 aromatic heterocycles. The Morgan fingerprint density at radius 3 is 2.65 bits per heavy atom. The summed E-state index contributed by atoms with van der Waals surface area (Å²) in [6.45, 7) is 1.25. The first-order valence-electron chi connectivity index (χ1n) is 9.20. The summed E-state index contributed by atoms with van der Waals surface area (Å²) in [5, 5.41) is 2.87. The number of rotatable bonds is 6. The quantitative estimate of drug-likeness (QED) is 0.832. The van der Waals surface area contributed by atoms with E-state index in [0.29, 0.717) is 32.0 Å². The number of nitrogens with zero attached hydrogens (tertiary/aromatic N) is 2. The van der Waals surface area contributed by atoms with E-state index in [-0.39, 0.29) is 30.6 Å². The molecule has 2 heterocycles. The minimum absolute atomic E-state index is 0.00112. The van der Waals surface area contributed by atoms with E-state index in [4.69, 9.17) is 4.74 Å². The average molecular weight is 357 g/mol. The van der Waals surface area contributed by atoms with Gasteiger partial charge in [-0.05, 0) is 24.8 Å². The fourth-order valence-corrected chi connectivity index (χ4v) is 3.65. The van der Waals surface area contributed by atoms with Crippen LogP contribution in [0.5, 0.6) is 0 Å². The van der Waals surface area contributed by atoms with E-state index in [1.165, 1.54) is 0 Å². The number of carbonyl (C=O) groups excluding carboxylic acids is 3. The molecule has 4 rings (SSSR count). The van der Waals surface area contributed by atoms with Crippen molar-refractivity contribution >= 4 is 17.9 Å². The van der Waals surface area contributed by atoms with Gasteiger partial charge in [0.05, 0.1) is 13.1 Å². The van der Waals surface area contributed by atoms with Gasteiger partial charge >= 0.3 is 6.09 Å². The van der Waals surface area contributed by atoms with Crippen LogP contribution in [0.15, 0.2) is 30.3 Å². The molecule has 7 heteroatoms. The van der Waals surface area contributed by atoms with Gasteiger partial charge in [-0.25, -0.2) is 4.79 Å². The van der Waals surface area contributed by atoms with Gasteiger partial charge in [0.1, 0.15) is 12.1 Å². The highest BCUT2D eigenvalue weighted by molar-refractivity contribution is 5.90.